The van der Waals surface area contributed by atoms with Crippen LogP contribution >= 0.6 is 0 Å². The molecular weight excluding hydrogens is 220 g/mol. The molecule has 2 nitrogen and oxygen atoms in total. The summed E-state index contributed by atoms with van der Waals surface area (Å²) in [5, 5.41) is 3.58. The van der Waals surface area contributed by atoms with E-state index in [-0.39, 0.29) is 0 Å². The molecule has 1 heterocycles. The summed E-state index contributed by atoms with van der Waals surface area (Å²) in [6.45, 7) is 18.9. The van der Waals surface area contributed by atoms with E-state index in [1.165, 1.54) is 38.9 Å². The van der Waals surface area contributed by atoms with Crippen molar-refractivity contribution in [1.29, 1.82) is 0 Å². The van der Waals surface area contributed by atoms with Gasteiger partial charge in [0.2, 0.25) is 0 Å². The molecule has 108 valence electrons. The van der Waals surface area contributed by atoms with Crippen LogP contribution in [0.5, 0.6) is 0 Å². The maximum absolute atomic E-state index is 3.58. The Morgan fingerprint density at radius 2 is 1.83 bits per heavy atom. The normalized spacial score (nSPS) is 22.3. The lowest BCUT2D eigenvalue weighted by Crippen LogP contribution is -2.46. The number of nitrogens with zero attached hydrogens (tertiary/aromatic N) is 1. The van der Waals surface area contributed by atoms with Crippen LogP contribution in [0.3, 0.4) is 0 Å². The van der Waals surface area contributed by atoms with E-state index < -0.39 is 0 Å². The number of rotatable bonds is 7. The monoisotopic (exact) mass is 254 g/mol. The molecule has 18 heavy (non-hydrogen) atoms. The molecule has 1 fully saturated rings. The summed E-state index contributed by atoms with van der Waals surface area (Å²) in [6.07, 6.45) is 4.07. The summed E-state index contributed by atoms with van der Waals surface area (Å²) < 4.78 is 0. The Bertz CT molecular complexity index is 243. The van der Waals surface area contributed by atoms with E-state index in [0.717, 1.165) is 6.54 Å². The molecule has 1 saturated heterocycles. The highest BCUT2D eigenvalue weighted by Crippen LogP contribution is 2.38. The van der Waals surface area contributed by atoms with Crippen LogP contribution in [0.2, 0.25) is 0 Å². The summed E-state index contributed by atoms with van der Waals surface area (Å²) in [4.78, 5) is 2.70. The minimum Gasteiger partial charge on any atom is -0.314 e. The fraction of sp³-hybridized carbons (Fsp3) is 1.00. The van der Waals surface area contributed by atoms with E-state index in [4.69, 9.17) is 0 Å². The Balaban J connectivity index is 2.54. The van der Waals surface area contributed by atoms with Crippen LogP contribution in [-0.2, 0) is 0 Å². The fourth-order valence-corrected chi connectivity index (χ4v) is 3.29. The van der Waals surface area contributed by atoms with Gasteiger partial charge < -0.3 is 10.2 Å². The SMILES string of the molecule is CCNC(C)C(C)(C)CN1CCC(CC)(CC)C1. The lowest BCUT2D eigenvalue weighted by molar-refractivity contribution is 0.147. The molecule has 0 saturated carbocycles. The molecule has 0 spiro atoms. The number of likely N-dealkylation sites (tertiary alicyclic amines) is 1. The van der Waals surface area contributed by atoms with E-state index >= 15 is 0 Å². The highest BCUT2D eigenvalue weighted by molar-refractivity contribution is 4.92. The van der Waals surface area contributed by atoms with Gasteiger partial charge in [-0.15, -0.1) is 0 Å². The predicted octanol–water partition coefficient (Wildman–Crippen LogP) is 3.52. The highest BCUT2D eigenvalue weighted by Gasteiger charge is 2.37. The molecule has 1 aliphatic heterocycles. The Labute approximate surface area is 115 Å². The molecular formula is C16H34N2. The average molecular weight is 254 g/mol. The Hall–Kier alpha value is -0.0800. The first-order valence-corrected chi connectivity index (χ1v) is 7.85. The maximum atomic E-state index is 3.58. The van der Waals surface area contributed by atoms with E-state index in [1.54, 1.807) is 0 Å². The van der Waals surface area contributed by atoms with Crippen molar-refractivity contribution in [3.8, 4) is 0 Å². The summed E-state index contributed by atoms with van der Waals surface area (Å²) in [5.74, 6) is 0. The zero-order valence-electron chi connectivity index (χ0n) is 13.5. The summed E-state index contributed by atoms with van der Waals surface area (Å²) in [7, 11) is 0. The zero-order chi connectivity index (χ0) is 13.8. The van der Waals surface area contributed by atoms with Gasteiger partial charge in [0.05, 0.1) is 0 Å². The van der Waals surface area contributed by atoms with Crippen LogP contribution in [0.4, 0.5) is 0 Å². The van der Waals surface area contributed by atoms with Crippen molar-refractivity contribution in [1.82, 2.24) is 10.2 Å². The minimum absolute atomic E-state index is 0.355. The van der Waals surface area contributed by atoms with Gasteiger partial charge in [-0.1, -0.05) is 34.6 Å². The smallest absolute Gasteiger partial charge is 0.0102 e. The third-order valence-corrected chi connectivity index (χ3v) is 5.33. The second kappa shape index (κ2) is 6.38. The molecule has 2 heteroatoms. The molecule has 0 aromatic carbocycles. The van der Waals surface area contributed by atoms with Gasteiger partial charge in [-0.3, -0.25) is 0 Å². The molecule has 1 aliphatic rings. The minimum atomic E-state index is 0.355. The van der Waals surface area contributed by atoms with Crippen molar-refractivity contribution in [3.05, 3.63) is 0 Å². The quantitative estimate of drug-likeness (QED) is 0.748. The van der Waals surface area contributed by atoms with E-state index in [1.807, 2.05) is 0 Å². The molecule has 0 aromatic rings. The van der Waals surface area contributed by atoms with E-state index in [9.17, 15) is 0 Å². The van der Waals surface area contributed by atoms with Crippen LogP contribution in [0.15, 0.2) is 0 Å². The third-order valence-electron chi connectivity index (χ3n) is 5.33. The molecule has 0 amide bonds. The standard InChI is InChI=1S/C16H34N2/c1-7-16(8-2)10-11-18(13-16)12-15(5,6)14(4)17-9-3/h14,17H,7-13H2,1-6H3. The lowest BCUT2D eigenvalue weighted by atomic mass is 9.81. The molecule has 1 rings (SSSR count). The zero-order valence-corrected chi connectivity index (χ0v) is 13.5. The number of hydrogen-bond acceptors (Lipinski definition) is 2. The van der Waals surface area contributed by atoms with Crippen LogP contribution < -0.4 is 5.32 Å². The second-order valence-corrected chi connectivity index (χ2v) is 6.94. The van der Waals surface area contributed by atoms with Crippen molar-refractivity contribution in [2.75, 3.05) is 26.2 Å². The van der Waals surface area contributed by atoms with Gasteiger partial charge in [0.1, 0.15) is 0 Å². The van der Waals surface area contributed by atoms with Crippen LogP contribution in [0, 0.1) is 10.8 Å². The van der Waals surface area contributed by atoms with Crippen molar-refractivity contribution in [3.63, 3.8) is 0 Å². The topological polar surface area (TPSA) is 15.3 Å². The first-order chi connectivity index (χ1) is 8.39. The molecule has 0 aliphatic carbocycles. The Morgan fingerprint density at radius 1 is 1.22 bits per heavy atom. The number of hydrogen-bond donors (Lipinski definition) is 1. The van der Waals surface area contributed by atoms with Gasteiger partial charge >= 0.3 is 0 Å². The van der Waals surface area contributed by atoms with Crippen molar-refractivity contribution in [2.24, 2.45) is 10.8 Å². The van der Waals surface area contributed by atoms with E-state index in [0.29, 0.717) is 16.9 Å². The van der Waals surface area contributed by atoms with Gasteiger partial charge in [0.25, 0.3) is 0 Å². The maximum Gasteiger partial charge on any atom is 0.0102 e. The molecule has 0 aromatic heterocycles. The third kappa shape index (κ3) is 3.71. The molecule has 0 bridgehead atoms. The van der Waals surface area contributed by atoms with Crippen LogP contribution in [0.1, 0.15) is 60.8 Å². The molecule has 1 N–H and O–H groups in total. The van der Waals surface area contributed by atoms with Gasteiger partial charge in [-0.2, -0.15) is 0 Å². The Morgan fingerprint density at radius 3 is 2.28 bits per heavy atom. The first kappa shape index (κ1) is 16.0. The second-order valence-electron chi connectivity index (χ2n) is 6.94. The lowest BCUT2D eigenvalue weighted by Gasteiger charge is -2.37. The number of nitrogens with one attached hydrogen (secondary N) is 1. The summed E-state index contributed by atoms with van der Waals surface area (Å²) >= 11 is 0. The first-order valence-electron chi connectivity index (χ1n) is 7.85. The van der Waals surface area contributed by atoms with Crippen LogP contribution in [-0.4, -0.2) is 37.1 Å². The summed E-state index contributed by atoms with van der Waals surface area (Å²) in [5.41, 5.74) is 0.963. The van der Waals surface area contributed by atoms with Crippen LogP contribution in [0.25, 0.3) is 0 Å². The van der Waals surface area contributed by atoms with Gasteiger partial charge in [0, 0.05) is 19.1 Å². The van der Waals surface area contributed by atoms with Gasteiger partial charge in [0.15, 0.2) is 0 Å². The molecule has 0 radical (unpaired) electrons. The van der Waals surface area contributed by atoms with Crippen molar-refractivity contribution in [2.45, 2.75) is 66.8 Å². The molecule has 1 unspecified atom stereocenters. The van der Waals surface area contributed by atoms with Crippen molar-refractivity contribution < 1.29 is 0 Å². The predicted molar refractivity (Wildman–Crippen MR) is 81.0 cm³/mol. The van der Waals surface area contributed by atoms with E-state index in [2.05, 4.69) is 51.8 Å². The summed E-state index contributed by atoms with van der Waals surface area (Å²) in [6, 6.07) is 0.584. The van der Waals surface area contributed by atoms with Gasteiger partial charge in [-0.25, -0.2) is 0 Å². The van der Waals surface area contributed by atoms with Crippen molar-refractivity contribution >= 4 is 0 Å². The fourth-order valence-electron chi connectivity index (χ4n) is 3.29. The van der Waals surface area contributed by atoms with Gasteiger partial charge in [-0.05, 0) is 50.1 Å². The Kier molecular flexibility index (Phi) is 5.67. The highest BCUT2D eigenvalue weighted by atomic mass is 15.2. The average Bonchev–Trinajstić information content (AvgIpc) is 2.73. The largest absolute Gasteiger partial charge is 0.314 e. The molecule has 1 atom stereocenters.